The highest BCUT2D eigenvalue weighted by atomic mass is 15.3. The van der Waals surface area contributed by atoms with Crippen molar-refractivity contribution >= 4 is 11.3 Å². The molecule has 1 unspecified atom stereocenters. The number of benzene rings is 1. The molecule has 3 heterocycles. The highest BCUT2D eigenvalue weighted by Crippen LogP contribution is 2.25. The van der Waals surface area contributed by atoms with E-state index in [1.54, 1.807) is 0 Å². The van der Waals surface area contributed by atoms with Crippen LogP contribution in [-0.4, -0.2) is 19.2 Å². The summed E-state index contributed by atoms with van der Waals surface area (Å²) in [5, 5.41) is 8.16. The van der Waals surface area contributed by atoms with Crippen LogP contribution in [0.4, 0.5) is 5.69 Å². The Morgan fingerprint density at radius 1 is 1.08 bits per heavy atom. The van der Waals surface area contributed by atoms with Gasteiger partial charge in [-0.05, 0) is 57.0 Å². The predicted molar refractivity (Wildman–Crippen MR) is 105 cm³/mol. The molecule has 4 rings (SSSR count). The Morgan fingerprint density at radius 3 is 2.73 bits per heavy atom. The Labute approximate surface area is 153 Å². The van der Waals surface area contributed by atoms with Gasteiger partial charge in [-0.2, -0.15) is 5.10 Å². The lowest BCUT2D eigenvalue weighted by Crippen LogP contribution is -2.08. The molecule has 5 heteroatoms. The van der Waals surface area contributed by atoms with E-state index < -0.39 is 0 Å². The average molecular weight is 345 g/mol. The van der Waals surface area contributed by atoms with Crippen LogP contribution in [0.3, 0.4) is 0 Å². The van der Waals surface area contributed by atoms with Crippen LogP contribution in [0.25, 0.3) is 11.3 Å². The second-order valence-corrected chi connectivity index (χ2v) is 6.84. The summed E-state index contributed by atoms with van der Waals surface area (Å²) in [6.45, 7) is 8.43. The van der Waals surface area contributed by atoms with Crippen molar-refractivity contribution in [3.63, 3.8) is 0 Å². The van der Waals surface area contributed by atoms with Crippen molar-refractivity contribution < 1.29 is 0 Å². The quantitative estimate of drug-likeness (QED) is 0.587. The Kier molecular flexibility index (Phi) is 3.99. The van der Waals surface area contributed by atoms with Crippen molar-refractivity contribution in [1.29, 1.82) is 0 Å². The molecule has 132 valence electrons. The first-order chi connectivity index (χ1) is 12.5. The fraction of sp³-hybridized carbons (Fsp3) is 0.238. The van der Waals surface area contributed by atoms with Crippen molar-refractivity contribution in [2.24, 2.45) is 0 Å². The zero-order valence-electron chi connectivity index (χ0n) is 15.6. The average Bonchev–Trinajstić information content (AvgIpc) is 3.21. The summed E-state index contributed by atoms with van der Waals surface area (Å²) in [6, 6.07) is 12.5. The molecule has 3 aromatic heterocycles. The third kappa shape index (κ3) is 2.86. The molecule has 1 aromatic carbocycles. The van der Waals surface area contributed by atoms with Crippen molar-refractivity contribution in [2.45, 2.75) is 33.7 Å². The fourth-order valence-electron chi connectivity index (χ4n) is 3.21. The highest BCUT2D eigenvalue weighted by Gasteiger charge is 2.15. The Bertz CT molecular complexity index is 1040. The largest absolute Gasteiger partial charge is 0.374 e. The molecule has 5 nitrogen and oxygen atoms in total. The molecule has 0 aliphatic heterocycles. The van der Waals surface area contributed by atoms with E-state index in [1.807, 2.05) is 39.7 Å². The summed E-state index contributed by atoms with van der Waals surface area (Å²) in [5.41, 5.74) is 7.64. The van der Waals surface area contributed by atoms with Crippen LogP contribution in [0.1, 0.15) is 35.5 Å². The molecule has 26 heavy (non-hydrogen) atoms. The van der Waals surface area contributed by atoms with Gasteiger partial charge in [0, 0.05) is 12.4 Å². The van der Waals surface area contributed by atoms with Crippen LogP contribution < -0.4 is 5.32 Å². The number of imidazole rings is 1. The smallest absolute Gasteiger partial charge is 0.137 e. The van der Waals surface area contributed by atoms with Gasteiger partial charge in [-0.1, -0.05) is 18.2 Å². The number of hydrogen-bond acceptors (Lipinski definition) is 3. The molecule has 1 N–H and O–H groups in total. The molecule has 0 aliphatic rings. The van der Waals surface area contributed by atoms with Gasteiger partial charge < -0.3 is 9.72 Å². The van der Waals surface area contributed by atoms with Gasteiger partial charge in [0.1, 0.15) is 5.65 Å². The minimum atomic E-state index is 0.0878. The van der Waals surface area contributed by atoms with Gasteiger partial charge in [-0.15, -0.1) is 0 Å². The second kappa shape index (κ2) is 6.33. The van der Waals surface area contributed by atoms with E-state index in [2.05, 4.69) is 62.5 Å². The lowest BCUT2D eigenvalue weighted by Gasteiger charge is -2.13. The third-order valence-corrected chi connectivity index (χ3v) is 4.80. The lowest BCUT2D eigenvalue weighted by atomic mass is 10.1. The van der Waals surface area contributed by atoms with E-state index in [1.165, 1.54) is 11.1 Å². The number of nitrogens with zero attached hydrogens (tertiary/aromatic N) is 4. The molecule has 0 aliphatic carbocycles. The maximum Gasteiger partial charge on any atom is 0.137 e. The number of hydrogen-bond donors (Lipinski definition) is 1. The SMILES string of the molecule is Cc1ccc(C)c(-n2ncc(NC(C)c3cn4ccccc4n3)c2C)c1. The predicted octanol–water partition coefficient (Wildman–Crippen LogP) is 4.62. The van der Waals surface area contributed by atoms with Crippen molar-refractivity contribution in [1.82, 2.24) is 19.2 Å². The molecular formula is C21H23N5. The molecular weight excluding hydrogens is 322 g/mol. The minimum absolute atomic E-state index is 0.0878. The number of aromatic nitrogens is 4. The van der Waals surface area contributed by atoms with Crippen LogP contribution in [0.2, 0.25) is 0 Å². The Hall–Kier alpha value is -3.08. The van der Waals surface area contributed by atoms with Crippen molar-refractivity contribution in [2.75, 3.05) is 5.32 Å². The van der Waals surface area contributed by atoms with Gasteiger partial charge in [0.2, 0.25) is 0 Å². The molecule has 0 radical (unpaired) electrons. The molecule has 0 amide bonds. The number of fused-ring (bicyclic) bond motifs is 1. The molecule has 1 atom stereocenters. The summed E-state index contributed by atoms with van der Waals surface area (Å²) in [5.74, 6) is 0. The van der Waals surface area contributed by atoms with Crippen molar-refractivity contribution in [3.8, 4) is 5.69 Å². The van der Waals surface area contributed by atoms with Gasteiger partial charge in [0.15, 0.2) is 0 Å². The van der Waals surface area contributed by atoms with Gasteiger partial charge in [0.05, 0.1) is 35.0 Å². The summed E-state index contributed by atoms with van der Waals surface area (Å²) < 4.78 is 4.04. The van der Waals surface area contributed by atoms with E-state index in [0.29, 0.717) is 0 Å². The summed E-state index contributed by atoms with van der Waals surface area (Å²) in [4.78, 5) is 4.70. The van der Waals surface area contributed by atoms with E-state index in [4.69, 9.17) is 4.98 Å². The first-order valence-electron chi connectivity index (χ1n) is 8.85. The highest BCUT2D eigenvalue weighted by molar-refractivity contribution is 5.53. The maximum atomic E-state index is 4.70. The number of nitrogens with one attached hydrogen (secondary N) is 1. The number of rotatable bonds is 4. The number of anilines is 1. The number of pyridine rings is 1. The van der Waals surface area contributed by atoms with E-state index >= 15 is 0 Å². The molecule has 0 saturated carbocycles. The minimum Gasteiger partial charge on any atom is -0.374 e. The topological polar surface area (TPSA) is 47.2 Å². The van der Waals surface area contributed by atoms with E-state index in [9.17, 15) is 0 Å². The fourth-order valence-corrected chi connectivity index (χ4v) is 3.21. The molecule has 0 spiro atoms. The van der Waals surface area contributed by atoms with Gasteiger partial charge in [0.25, 0.3) is 0 Å². The van der Waals surface area contributed by atoms with E-state index in [0.717, 1.165) is 28.4 Å². The van der Waals surface area contributed by atoms with Crippen LogP contribution in [0.5, 0.6) is 0 Å². The summed E-state index contributed by atoms with van der Waals surface area (Å²) in [6.07, 6.45) is 5.98. The van der Waals surface area contributed by atoms with Crippen LogP contribution >= 0.6 is 0 Å². The zero-order valence-corrected chi connectivity index (χ0v) is 15.6. The monoisotopic (exact) mass is 345 g/mol. The van der Waals surface area contributed by atoms with Gasteiger partial charge >= 0.3 is 0 Å². The summed E-state index contributed by atoms with van der Waals surface area (Å²) >= 11 is 0. The Morgan fingerprint density at radius 2 is 1.92 bits per heavy atom. The Balaban J connectivity index is 1.63. The van der Waals surface area contributed by atoms with E-state index in [-0.39, 0.29) is 6.04 Å². The third-order valence-electron chi connectivity index (χ3n) is 4.80. The van der Waals surface area contributed by atoms with Gasteiger partial charge in [-0.3, -0.25) is 0 Å². The molecule has 0 fully saturated rings. The van der Waals surface area contributed by atoms with Crippen LogP contribution in [-0.2, 0) is 0 Å². The standard InChI is InChI=1S/C21H23N5/c1-14-8-9-15(2)20(11-14)26-17(4)18(12-22-26)23-16(3)19-13-25-10-6-5-7-21(25)24-19/h5-13,16,23H,1-4H3. The normalized spacial score (nSPS) is 12.5. The first kappa shape index (κ1) is 16.4. The first-order valence-corrected chi connectivity index (χ1v) is 8.85. The number of aryl methyl sites for hydroxylation is 2. The summed E-state index contributed by atoms with van der Waals surface area (Å²) in [7, 11) is 0. The maximum absolute atomic E-state index is 4.70. The van der Waals surface area contributed by atoms with Gasteiger partial charge in [-0.25, -0.2) is 9.67 Å². The van der Waals surface area contributed by atoms with Crippen LogP contribution in [0.15, 0.2) is 55.0 Å². The molecule has 0 saturated heterocycles. The lowest BCUT2D eigenvalue weighted by molar-refractivity contribution is 0.831. The second-order valence-electron chi connectivity index (χ2n) is 6.84. The van der Waals surface area contributed by atoms with Crippen molar-refractivity contribution in [3.05, 3.63) is 77.5 Å². The van der Waals surface area contributed by atoms with Crippen LogP contribution in [0, 0.1) is 20.8 Å². The zero-order chi connectivity index (χ0) is 18.3. The molecule has 0 bridgehead atoms. The molecule has 4 aromatic rings.